The lowest BCUT2D eigenvalue weighted by Crippen LogP contribution is -2.33. The van der Waals surface area contributed by atoms with Gasteiger partial charge in [-0.2, -0.15) is 11.8 Å². The fraction of sp³-hybridized carbons (Fsp3) is 0.333. The molecule has 0 radical (unpaired) electrons. The smallest absolute Gasteiger partial charge is 0.243 e. The Kier molecular flexibility index (Phi) is 4.98. The van der Waals surface area contributed by atoms with Gasteiger partial charge in [0.05, 0.1) is 22.8 Å². The van der Waals surface area contributed by atoms with Gasteiger partial charge in [0.15, 0.2) is 0 Å². The summed E-state index contributed by atoms with van der Waals surface area (Å²) in [5.41, 5.74) is 3.24. The molecule has 1 fully saturated rings. The van der Waals surface area contributed by atoms with Crippen molar-refractivity contribution in [3.8, 4) is 0 Å². The molecular formula is C21H23N3OS. The minimum absolute atomic E-state index is 0.182. The average Bonchev–Trinajstić information content (AvgIpc) is 3.29. The van der Waals surface area contributed by atoms with E-state index in [0.717, 1.165) is 42.0 Å². The van der Waals surface area contributed by atoms with E-state index in [0.29, 0.717) is 6.54 Å². The van der Waals surface area contributed by atoms with Gasteiger partial charge in [0.1, 0.15) is 12.4 Å². The van der Waals surface area contributed by atoms with Gasteiger partial charge in [0.25, 0.3) is 0 Å². The van der Waals surface area contributed by atoms with Crippen molar-refractivity contribution < 1.29 is 4.79 Å². The molecule has 0 saturated carbocycles. The number of hydrogen-bond donors (Lipinski definition) is 0. The lowest BCUT2D eigenvalue weighted by atomic mass is 10.0. The van der Waals surface area contributed by atoms with Crippen molar-refractivity contribution in [3.63, 3.8) is 0 Å². The zero-order valence-corrected chi connectivity index (χ0v) is 15.8. The van der Waals surface area contributed by atoms with Crippen LogP contribution in [0.25, 0.3) is 11.0 Å². The van der Waals surface area contributed by atoms with Crippen LogP contribution in [-0.2, 0) is 17.1 Å². The molecule has 0 aliphatic carbocycles. The highest BCUT2D eigenvalue weighted by atomic mass is 32.2. The van der Waals surface area contributed by atoms with Crippen LogP contribution in [0.15, 0.2) is 54.6 Å². The molecule has 1 aliphatic rings. The number of rotatable bonds is 5. The predicted molar refractivity (Wildman–Crippen MR) is 107 cm³/mol. The molecule has 1 amide bonds. The van der Waals surface area contributed by atoms with E-state index in [-0.39, 0.29) is 11.9 Å². The van der Waals surface area contributed by atoms with Gasteiger partial charge < -0.3 is 9.47 Å². The summed E-state index contributed by atoms with van der Waals surface area (Å²) in [5, 5.41) is 0. The first-order valence-corrected chi connectivity index (χ1v) is 10.4. The summed E-state index contributed by atoms with van der Waals surface area (Å²) in [6.07, 6.45) is 4.17. The Balaban J connectivity index is 1.62. The molecule has 134 valence electrons. The van der Waals surface area contributed by atoms with Crippen molar-refractivity contribution in [1.82, 2.24) is 14.5 Å². The van der Waals surface area contributed by atoms with Crippen LogP contribution < -0.4 is 0 Å². The first-order valence-electron chi connectivity index (χ1n) is 9.05. The molecule has 2 aromatic carbocycles. The molecule has 0 bridgehead atoms. The van der Waals surface area contributed by atoms with Crippen LogP contribution in [0.5, 0.6) is 0 Å². The summed E-state index contributed by atoms with van der Waals surface area (Å²) in [7, 11) is 0. The zero-order valence-electron chi connectivity index (χ0n) is 15.0. The van der Waals surface area contributed by atoms with Crippen LogP contribution in [0.2, 0.25) is 0 Å². The zero-order chi connectivity index (χ0) is 17.9. The predicted octanol–water partition coefficient (Wildman–Crippen LogP) is 4.26. The molecule has 0 N–H and O–H groups in total. The SMILES string of the molecule is CSCc1nc2ccccc2n1CC(=O)N1CCCC1c1ccccc1. The summed E-state index contributed by atoms with van der Waals surface area (Å²) >= 11 is 1.73. The summed E-state index contributed by atoms with van der Waals surface area (Å²) in [5.74, 6) is 1.97. The molecular weight excluding hydrogens is 342 g/mol. The number of amides is 1. The van der Waals surface area contributed by atoms with E-state index < -0.39 is 0 Å². The van der Waals surface area contributed by atoms with E-state index in [1.165, 1.54) is 5.56 Å². The number of aromatic nitrogens is 2. The van der Waals surface area contributed by atoms with E-state index in [4.69, 9.17) is 4.98 Å². The van der Waals surface area contributed by atoms with E-state index in [1.54, 1.807) is 11.8 Å². The minimum Gasteiger partial charge on any atom is -0.334 e. The van der Waals surface area contributed by atoms with Crippen molar-refractivity contribution in [2.45, 2.75) is 31.2 Å². The van der Waals surface area contributed by atoms with Crippen molar-refractivity contribution in [3.05, 3.63) is 66.0 Å². The van der Waals surface area contributed by atoms with Gasteiger partial charge >= 0.3 is 0 Å². The monoisotopic (exact) mass is 365 g/mol. The third-order valence-electron chi connectivity index (χ3n) is 5.06. The van der Waals surface area contributed by atoms with Gasteiger partial charge in [-0.1, -0.05) is 42.5 Å². The third-order valence-corrected chi connectivity index (χ3v) is 5.60. The molecule has 0 spiro atoms. The maximum atomic E-state index is 13.2. The molecule has 1 aromatic heterocycles. The Morgan fingerprint density at radius 1 is 1.15 bits per heavy atom. The number of hydrogen-bond acceptors (Lipinski definition) is 3. The molecule has 5 heteroatoms. The third kappa shape index (κ3) is 3.23. The lowest BCUT2D eigenvalue weighted by Gasteiger charge is -2.25. The Bertz CT molecular complexity index is 906. The van der Waals surface area contributed by atoms with Gasteiger partial charge in [-0.25, -0.2) is 4.98 Å². The Hall–Kier alpha value is -2.27. The Labute approximate surface area is 158 Å². The molecule has 1 saturated heterocycles. The van der Waals surface area contributed by atoms with Crippen molar-refractivity contribution in [2.24, 2.45) is 0 Å². The number of carbonyl (C=O) groups excluding carboxylic acids is 1. The number of para-hydroxylation sites is 2. The molecule has 1 aliphatic heterocycles. The number of benzene rings is 2. The highest BCUT2D eigenvalue weighted by Crippen LogP contribution is 2.32. The van der Waals surface area contributed by atoms with Crippen LogP contribution in [0, 0.1) is 0 Å². The highest BCUT2D eigenvalue weighted by molar-refractivity contribution is 7.97. The van der Waals surface area contributed by atoms with Crippen molar-refractivity contribution in [2.75, 3.05) is 12.8 Å². The fourth-order valence-electron chi connectivity index (χ4n) is 3.85. The number of nitrogens with zero attached hydrogens (tertiary/aromatic N) is 3. The number of imidazole rings is 1. The van der Waals surface area contributed by atoms with Crippen molar-refractivity contribution in [1.29, 1.82) is 0 Å². The molecule has 3 aromatic rings. The topological polar surface area (TPSA) is 38.1 Å². The van der Waals surface area contributed by atoms with Crippen LogP contribution in [0.1, 0.15) is 30.3 Å². The molecule has 26 heavy (non-hydrogen) atoms. The standard InChI is InChI=1S/C21H23N3OS/c1-26-15-20-22-17-10-5-6-11-19(17)24(20)14-21(25)23-13-7-12-18(23)16-8-3-2-4-9-16/h2-6,8-11,18H,7,12-15H2,1H3. The Morgan fingerprint density at radius 2 is 1.92 bits per heavy atom. The van der Waals surface area contributed by atoms with Crippen LogP contribution >= 0.6 is 11.8 Å². The second-order valence-corrected chi connectivity index (χ2v) is 7.56. The lowest BCUT2D eigenvalue weighted by molar-refractivity contribution is -0.132. The largest absolute Gasteiger partial charge is 0.334 e. The maximum Gasteiger partial charge on any atom is 0.243 e. The molecule has 2 heterocycles. The molecule has 4 rings (SSSR count). The van der Waals surface area contributed by atoms with Crippen LogP contribution in [0.4, 0.5) is 0 Å². The number of thioether (sulfide) groups is 1. The van der Waals surface area contributed by atoms with E-state index in [2.05, 4.69) is 41.2 Å². The highest BCUT2D eigenvalue weighted by Gasteiger charge is 2.30. The first kappa shape index (κ1) is 17.2. The number of fused-ring (bicyclic) bond motifs is 1. The van der Waals surface area contributed by atoms with Crippen LogP contribution in [-0.4, -0.2) is 33.2 Å². The Morgan fingerprint density at radius 3 is 2.73 bits per heavy atom. The van der Waals surface area contributed by atoms with E-state index in [9.17, 15) is 4.79 Å². The van der Waals surface area contributed by atoms with Crippen LogP contribution in [0.3, 0.4) is 0 Å². The average molecular weight is 366 g/mol. The molecule has 1 unspecified atom stereocenters. The summed E-state index contributed by atoms with van der Waals surface area (Å²) < 4.78 is 2.09. The quantitative estimate of drug-likeness (QED) is 0.678. The summed E-state index contributed by atoms with van der Waals surface area (Å²) in [6.45, 7) is 1.20. The number of likely N-dealkylation sites (tertiary alicyclic amines) is 1. The van der Waals surface area contributed by atoms with E-state index in [1.807, 2.05) is 29.2 Å². The molecule has 1 atom stereocenters. The normalized spacial score (nSPS) is 17.1. The number of carbonyl (C=O) groups is 1. The summed E-state index contributed by atoms with van der Waals surface area (Å²) in [4.78, 5) is 19.9. The van der Waals surface area contributed by atoms with Gasteiger partial charge in [-0.05, 0) is 36.8 Å². The maximum absolute atomic E-state index is 13.2. The molecule has 4 nitrogen and oxygen atoms in total. The van der Waals surface area contributed by atoms with E-state index >= 15 is 0 Å². The van der Waals surface area contributed by atoms with Gasteiger partial charge in [0.2, 0.25) is 5.91 Å². The second-order valence-electron chi connectivity index (χ2n) is 6.69. The van der Waals surface area contributed by atoms with Crippen molar-refractivity contribution >= 4 is 28.7 Å². The fourth-order valence-corrected chi connectivity index (χ4v) is 4.33. The van der Waals surface area contributed by atoms with Gasteiger partial charge in [-0.15, -0.1) is 0 Å². The summed E-state index contributed by atoms with van der Waals surface area (Å²) in [6, 6.07) is 18.7. The van der Waals surface area contributed by atoms with Gasteiger partial charge in [0, 0.05) is 6.54 Å². The van der Waals surface area contributed by atoms with Gasteiger partial charge in [-0.3, -0.25) is 4.79 Å². The second kappa shape index (κ2) is 7.54. The first-order chi connectivity index (χ1) is 12.8. The minimum atomic E-state index is 0.182.